The smallest absolute Gasteiger partial charge is 0.329 e. The first-order valence-electron chi connectivity index (χ1n) is 8.43. The van der Waals surface area contributed by atoms with Crippen molar-refractivity contribution in [2.75, 3.05) is 0 Å². The molecule has 0 aromatic carbocycles. The van der Waals surface area contributed by atoms with E-state index in [9.17, 15) is 19.2 Å². The van der Waals surface area contributed by atoms with Gasteiger partial charge in [0.25, 0.3) is 5.91 Å². The maximum atomic E-state index is 12.5. The molecular formula is C17H22N2O5. The second-order valence-electron chi connectivity index (χ2n) is 6.74. The van der Waals surface area contributed by atoms with Crippen molar-refractivity contribution in [2.24, 2.45) is 11.8 Å². The highest BCUT2D eigenvalue weighted by molar-refractivity contribution is 6.08. The predicted octanol–water partition coefficient (Wildman–Crippen LogP) is 0.536. The first-order chi connectivity index (χ1) is 11.4. The number of likely N-dealkylation sites (tertiary alicyclic amines) is 1. The summed E-state index contributed by atoms with van der Waals surface area (Å²) in [5.74, 6) is -2.50. The van der Waals surface area contributed by atoms with Crippen molar-refractivity contribution < 1.29 is 23.9 Å². The van der Waals surface area contributed by atoms with E-state index < -0.39 is 18.1 Å². The first-order valence-corrected chi connectivity index (χ1v) is 8.43. The van der Waals surface area contributed by atoms with Gasteiger partial charge >= 0.3 is 5.97 Å². The van der Waals surface area contributed by atoms with Crippen molar-refractivity contribution >= 4 is 23.7 Å². The van der Waals surface area contributed by atoms with Crippen molar-refractivity contribution in [2.45, 2.75) is 57.7 Å². The van der Waals surface area contributed by atoms with E-state index in [1.807, 2.05) is 12.2 Å². The third-order valence-corrected chi connectivity index (χ3v) is 4.86. The quantitative estimate of drug-likeness (QED) is 0.450. The number of rotatable bonds is 5. The zero-order chi connectivity index (χ0) is 17.4. The lowest BCUT2D eigenvalue weighted by atomic mass is 9.85. The Hall–Kier alpha value is -2.18. The number of fused-ring (bicyclic) bond motifs is 1. The van der Waals surface area contributed by atoms with Crippen LogP contribution < -0.4 is 5.32 Å². The molecule has 1 heterocycles. The van der Waals surface area contributed by atoms with Crippen LogP contribution in [0.3, 0.4) is 0 Å². The molecule has 0 bridgehead atoms. The summed E-state index contributed by atoms with van der Waals surface area (Å²) in [5, 5.41) is 2.75. The molecule has 4 atom stereocenters. The minimum absolute atomic E-state index is 0.174. The van der Waals surface area contributed by atoms with Crippen LogP contribution in [0.2, 0.25) is 0 Å². The van der Waals surface area contributed by atoms with E-state index in [1.165, 1.54) is 13.8 Å². The summed E-state index contributed by atoms with van der Waals surface area (Å²) in [6, 6.07) is -0.847. The van der Waals surface area contributed by atoms with Gasteiger partial charge in [-0.25, -0.2) is 4.79 Å². The summed E-state index contributed by atoms with van der Waals surface area (Å²) in [6.45, 7) is 2.95. The monoisotopic (exact) mass is 334 g/mol. The van der Waals surface area contributed by atoms with Gasteiger partial charge < -0.3 is 10.1 Å². The van der Waals surface area contributed by atoms with E-state index in [2.05, 4.69) is 5.32 Å². The Morgan fingerprint density at radius 1 is 1.12 bits per heavy atom. The molecule has 3 amide bonds. The van der Waals surface area contributed by atoms with Gasteiger partial charge in [0.05, 0.1) is 11.8 Å². The lowest BCUT2D eigenvalue weighted by molar-refractivity contribution is -0.164. The Labute approximate surface area is 140 Å². The second-order valence-corrected chi connectivity index (χ2v) is 6.74. The van der Waals surface area contributed by atoms with Crippen LogP contribution in [0, 0.1) is 11.8 Å². The molecule has 1 aliphatic heterocycles. The Balaban J connectivity index is 1.61. The molecular weight excluding hydrogens is 312 g/mol. The van der Waals surface area contributed by atoms with Crippen molar-refractivity contribution in [3.8, 4) is 0 Å². The number of imide groups is 1. The summed E-state index contributed by atoms with van der Waals surface area (Å²) >= 11 is 0. The van der Waals surface area contributed by atoms with Crippen molar-refractivity contribution in [1.29, 1.82) is 0 Å². The fourth-order valence-electron chi connectivity index (χ4n) is 3.19. The molecule has 3 rings (SSSR count). The molecule has 0 aromatic rings. The molecule has 0 radical (unpaired) electrons. The molecule has 7 nitrogen and oxygen atoms in total. The minimum Gasteiger partial charge on any atom is -0.451 e. The summed E-state index contributed by atoms with van der Waals surface area (Å²) in [7, 11) is 0. The van der Waals surface area contributed by atoms with Gasteiger partial charge in [-0.15, -0.1) is 0 Å². The normalized spacial score (nSPS) is 28.3. The first kappa shape index (κ1) is 16.7. The topological polar surface area (TPSA) is 92.8 Å². The highest BCUT2D eigenvalue weighted by Gasteiger charge is 2.50. The number of hydrogen-bond donors (Lipinski definition) is 1. The van der Waals surface area contributed by atoms with Crippen LogP contribution in [-0.4, -0.2) is 46.8 Å². The molecule has 130 valence electrons. The van der Waals surface area contributed by atoms with E-state index in [0.29, 0.717) is 12.8 Å². The highest BCUT2D eigenvalue weighted by Crippen LogP contribution is 2.36. The van der Waals surface area contributed by atoms with Crippen LogP contribution in [0.1, 0.15) is 39.5 Å². The second kappa shape index (κ2) is 6.37. The number of carbonyl (C=O) groups excluding carboxylic acids is 4. The molecule has 2 aliphatic carbocycles. The Bertz CT molecular complexity index is 584. The van der Waals surface area contributed by atoms with E-state index >= 15 is 0 Å². The SMILES string of the molecule is C[C@H](OC(=O)[C@H](C)N1C(=O)[C@H]2CC=CC[C@@H]2C1=O)C(=O)NC1CC1. The largest absolute Gasteiger partial charge is 0.451 e. The maximum absolute atomic E-state index is 12.5. The van der Waals surface area contributed by atoms with Crippen LogP contribution in [0.15, 0.2) is 12.2 Å². The van der Waals surface area contributed by atoms with Gasteiger partial charge in [-0.3, -0.25) is 19.3 Å². The van der Waals surface area contributed by atoms with Gasteiger partial charge in [-0.2, -0.15) is 0 Å². The number of hydrogen-bond acceptors (Lipinski definition) is 5. The number of esters is 1. The lowest BCUT2D eigenvalue weighted by Gasteiger charge is -2.23. The molecule has 1 N–H and O–H groups in total. The molecule has 3 aliphatic rings. The molecule has 2 fully saturated rings. The lowest BCUT2D eigenvalue weighted by Crippen LogP contribution is -2.46. The van der Waals surface area contributed by atoms with Gasteiger partial charge in [-0.05, 0) is 39.5 Å². The van der Waals surface area contributed by atoms with Gasteiger partial charge in [0.2, 0.25) is 11.8 Å². The fourth-order valence-corrected chi connectivity index (χ4v) is 3.19. The molecule has 1 saturated carbocycles. The van der Waals surface area contributed by atoms with Crippen LogP contribution in [-0.2, 0) is 23.9 Å². The van der Waals surface area contributed by atoms with Crippen LogP contribution in [0.4, 0.5) is 0 Å². The van der Waals surface area contributed by atoms with Crippen molar-refractivity contribution in [1.82, 2.24) is 10.2 Å². The predicted molar refractivity (Wildman–Crippen MR) is 83.4 cm³/mol. The van der Waals surface area contributed by atoms with Gasteiger partial charge in [-0.1, -0.05) is 12.2 Å². The molecule has 7 heteroatoms. The maximum Gasteiger partial charge on any atom is 0.329 e. The number of amides is 3. The number of allylic oxidation sites excluding steroid dienone is 2. The van der Waals surface area contributed by atoms with E-state index in [4.69, 9.17) is 4.74 Å². The summed E-state index contributed by atoms with van der Waals surface area (Å²) in [5.41, 5.74) is 0. The third-order valence-electron chi connectivity index (χ3n) is 4.86. The molecule has 1 saturated heterocycles. The van der Waals surface area contributed by atoms with Crippen molar-refractivity contribution in [3.63, 3.8) is 0 Å². The summed E-state index contributed by atoms with van der Waals surface area (Å²) in [4.78, 5) is 50.1. The average molecular weight is 334 g/mol. The zero-order valence-electron chi connectivity index (χ0n) is 13.9. The van der Waals surface area contributed by atoms with E-state index in [1.54, 1.807) is 0 Å². The Morgan fingerprint density at radius 3 is 2.17 bits per heavy atom. The standard InChI is InChI=1S/C17H22N2O5/c1-9(17(23)24-10(2)14(20)18-11-7-8-11)19-15(21)12-5-3-4-6-13(12)16(19)22/h3-4,9-13H,5-8H2,1-2H3,(H,18,20)/t9-,10-,12-,13-/m0/s1. The van der Waals surface area contributed by atoms with Crippen LogP contribution in [0.5, 0.6) is 0 Å². The highest BCUT2D eigenvalue weighted by atomic mass is 16.5. The van der Waals surface area contributed by atoms with Crippen molar-refractivity contribution in [3.05, 3.63) is 12.2 Å². The molecule has 0 unspecified atom stereocenters. The van der Waals surface area contributed by atoms with Gasteiger partial charge in [0, 0.05) is 6.04 Å². The zero-order valence-corrected chi connectivity index (χ0v) is 13.9. The molecule has 0 aromatic heterocycles. The number of nitrogens with one attached hydrogen (secondary N) is 1. The van der Waals surface area contributed by atoms with Gasteiger partial charge in [0.1, 0.15) is 6.04 Å². The number of ether oxygens (including phenoxy) is 1. The minimum atomic E-state index is -1.02. The number of carbonyl (C=O) groups is 4. The van der Waals surface area contributed by atoms with Gasteiger partial charge in [0.15, 0.2) is 6.10 Å². The average Bonchev–Trinajstić information content (AvgIpc) is 3.34. The third kappa shape index (κ3) is 3.07. The van der Waals surface area contributed by atoms with Crippen LogP contribution in [0.25, 0.3) is 0 Å². The summed E-state index contributed by atoms with van der Waals surface area (Å²) < 4.78 is 5.15. The van der Waals surface area contributed by atoms with E-state index in [-0.39, 0.29) is 35.6 Å². The van der Waals surface area contributed by atoms with E-state index in [0.717, 1.165) is 17.7 Å². The fraction of sp³-hybridized carbons (Fsp3) is 0.647. The molecule has 24 heavy (non-hydrogen) atoms. The summed E-state index contributed by atoms with van der Waals surface area (Å²) in [6.07, 6.45) is 5.76. The Kier molecular flexibility index (Phi) is 4.43. The Morgan fingerprint density at radius 2 is 1.67 bits per heavy atom. The van der Waals surface area contributed by atoms with Crippen LogP contribution >= 0.6 is 0 Å². The molecule has 0 spiro atoms. The number of nitrogens with zero attached hydrogens (tertiary/aromatic N) is 1.